The van der Waals surface area contributed by atoms with Crippen molar-refractivity contribution in [1.29, 1.82) is 0 Å². The molecule has 0 amide bonds. The molecule has 0 aliphatic heterocycles. The molecule has 0 N–H and O–H groups in total. The van der Waals surface area contributed by atoms with Gasteiger partial charge >= 0.3 is 0 Å². The first-order chi connectivity index (χ1) is 0. The molecular formula is F3Sm-3. The second-order valence-electron chi connectivity index (χ2n) is 0. The number of hydrogen-bond acceptors (Lipinski definition) is 0. The Morgan fingerprint density at radius 1 is 0.500 bits per heavy atom. The van der Waals surface area contributed by atoms with Crippen molar-refractivity contribution in [1.82, 2.24) is 0 Å². The average molecular weight is 207 g/mol. The minimum atomic E-state index is 0. The summed E-state index contributed by atoms with van der Waals surface area (Å²) in [6.07, 6.45) is 0. The first-order valence-electron chi connectivity index (χ1n) is 0. The van der Waals surface area contributed by atoms with Crippen LogP contribution in [-0.4, -0.2) is 0 Å². The van der Waals surface area contributed by atoms with Gasteiger partial charge in [-0.05, 0) is 0 Å². The molecule has 0 saturated carbocycles. The molecule has 0 unspecified atom stereocenters. The summed E-state index contributed by atoms with van der Waals surface area (Å²) >= 11 is 0. The fraction of sp³-hybridized carbons (Fsp3) is 0. The molecule has 0 atom stereocenters. The fourth-order valence-corrected chi connectivity index (χ4v) is 0. The van der Waals surface area contributed by atoms with Crippen LogP contribution in [0.5, 0.6) is 0 Å². The summed E-state index contributed by atoms with van der Waals surface area (Å²) in [6.45, 7) is 0. The second-order valence-corrected chi connectivity index (χ2v) is 0. The Morgan fingerprint density at radius 2 is 0.500 bits per heavy atom. The molecule has 4 heavy (non-hydrogen) atoms. The van der Waals surface area contributed by atoms with Crippen LogP contribution >= 0.6 is 0 Å². The van der Waals surface area contributed by atoms with Gasteiger partial charge in [0.15, 0.2) is 0 Å². The molecule has 0 nitrogen and oxygen atoms in total. The smallest absolute Gasteiger partial charge is 0 e. The number of halogens is 3. The van der Waals surface area contributed by atoms with Gasteiger partial charge in [-0.3, -0.25) is 0 Å². The third-order valence-corrected chi connectivity index (χ3v) is 0. The van der Waals surface area contributed by atoms with Crippen LogP contribution in [0.2, 0.25) is 0 Å². The topological polar surface area (TPSA) is 0 Å². The molecule has 0 aromatic carbocycles. The molecule has 0 rings (SSSR count). The summed E-state index contributed by atoms with van der Waals surface area (Å²) in [5, 5.41) is 0. The first kappa shape index (κ1) is 68.7. The van der Waals surface area contributed by atoms with Crippen LogP contribution in [0.3, 0.4) is 0 Å². The van der Waals surface area contributed by atoms with Crippen LogP contribution in [0, 0.1) is 40.4 Å². The summed E-state index contributed by atoms with van der Waals surface area (Å²) in [6, 6.07) is 0. The van der Waals surface area contributed by atoms with Gasteiger partial charge in [0.2, 0.25) is 0 Å². The van der Waals surface area contributed by atoms with Crippen LogP contribution in [0.25, 0.3) is 0 Å². The summed E-state index contributed by atoms with van der Waals surface area (Å²) in [7, 11) is 0. The van der Waals surface area contributed by atoms with Gasteiger partial charge in [0, 0.05) is 40.4 Å². The van der Waals surface area contributed by atoms with Crippen LogP contribution < -0.4 is 14.1 Å². The maximum Gasteiger partial charge on any atom is 0 e. The molecule has 0 aliphatic rings. The van der Waals surface area contributed by atoms with Crippen molar-refractivity contribution in [3.05, 3.63) is 0 Å². The van der Waals surface area contributed by atoms with Crippen LogP contribution in [0.4, 0.5) is 0 Å². The van der Waals surface area contributed by atoms with Gasteiger partial charge < -0.3 is 14.1 Å². The maximum absolute atomic E-state index is 0. The predicted molar refractivity (Wildman–Crippen MR) is 0 cm³/mol. The molecule has 0 radical (unpaired) electrons. The number of rotatable bonds is 0. The Kier molecular flexibility index (Phi) is 545. The second kappa shape index (κ2) is 31.8. The zero-order valence-electron chi connectivity index (χ0n) is 1.54. The van der Waals surface area contributed by atoms with Crippen LogP contribution in [0.15, 0.2) is 0 Å². The van der Waals surface area contributed by atoms with Gasteiger partial charge in [-0.2, -0.15) is 0 Å². The third-order valence-electron chi connectivity index (χ3n) is 0. The molecule has 0 aromatic rings. The van der Waals surface area contributed by atoms with Gasteiger partial charge in [-0.1, -0.05) is 0 Å². The minimum Gasteiger partial charge on any atom is -1.00 e. The Morgan fingerprint density at radius 3 is 0.500 bits per heavy atom. The first-order valence-corrected chi connectivity index (χ1v) is 0. The number of hydrogen-bond donors (Lipinski definition) is 0. The van der Waals surface area contributed by atoms with Crippen molar-refractivity contribution in [3.8, 4) is 0 Å². The van der Waals surface area contributed by atoms with E-state index in [2.05, 4.69) is 0 Å². The van der Waals surface area contributed by atoms with Crippen molar-refractivity contribution < 1.29 is 54.5 Å². The quantitative estimate of drug-likeness (QED) is 0.370. The van der Waals surface area contributed by atoms with Crippen LogP contribution in [0.1, 0.15) is 0 Å². The zero-order valence-corrected chi connectivity index (χ0v) is 4.16. The Bertz CT molecular complexity index is 3.25. The van der Waals surface area contributed by atoms with Gasteiger partial charge in [0.05, 0.1) is 0 Å². The van der Waals surface area contributed by atoms with E-state index in [9.17, 15) is 0 Å². The molecule has 0 heterocycles. The molecule has 0 aromatic heterocycles. The van der Waals surface area contributed by atoms with Gasteiger partial charge in [-0.15, -0.1) is 0 Å². The minimum absolute atomic E-state index is 0. The van der Waals surface area contributed by atoms with E-state index in [1.807, 2.05) is 0 Å². The molecule has 0 aliphatic carbocycles. The third kappa shape index (κ3) is 11.1. The normalized spacial score (nSPS) is 0. The van der Waals surface area contributed by atoms with Crippen molar-refractivity contribution in [3.63, 3.8) is 0 Å². The van der Waals surface area contributed by atoms with Crippen molar-refractivity contribution >= 4 is 0 Å². The monoisotopic (exact) mass is 209 g/mol. The van der Waals surface area contributed by atoms with E-state index in [1.165, 1.54) is 0 Å². The van der Waals surface area contributed by atoms with E-state index in [4.69, 9.17) is 0 Å². The van der Waals surface area contributed by atoms with Crippen molar-refractivity contribution in [2.45, 2.75) is 0 Å². The summed E-state index contributed by atoms with van der Waals surface area (Å²) in [4.78, 5) is 0. The van der Waals surface area contributed by atoms with Crippen molar-refractivity contribution in [2.24, 2.45) is 0 Å². The molecule has 0 fully saturated rings. The Balaban J connectivity index is 0. The predicted octanol–water partition coefficient (Wildman–Crippen LogP) is -8.99. The van der Waals surface area contributed by atoms with Gasteiger partial charge in [0.25, 0.3) is 0 Å². The largest absolute Gasteiger partial charge is 1.00 e. The summed E-state index contributed by atoms with van der Waals surface area (Å²) in [5.74, 6) is 0. The molecular weight excluding hydrogens is 207 g/mol. The fourth-order valence-electron chi connectivity index (χ4n) is 0. The average Bonchev–Trinajstić information content (AvgIpc) is 0. The van der Waals surface area contributed by atoms with Gasteiger partial charge in [-0.25, -0.2) is 0 Å². The van der Waals surface area contributed by atoms with E-state index in [1.54, 1.807) is 0 Å². The van der Waals surface area contributed by atoms with Crippen molar-refractivity contribution in [2.75, 3.05) is 0 Å². The van der Waals surface area contributed by atoms with E-state index >= 15 is 0 Å². The maximum atomic E-state index is 0. The van der Waals surface area contributed by atoms with Crippen LogP contribution in [-0.2, 0) is 0 Å². The van der Waals surface area contributed by atoms with E-state index in [0.717, 1.165) is 0 Å². The zero-order chi connectivity index (χ0) is 0. The summed E-state index contributed by atoms with van der Waals surface area (Å²) < 4.78 is 0. The van der Waals surface area contributed by atoms with Gasteiger partial charge in [0.1, 0.15) is 0 Å². The summed E-state index contributed by atoms with van der Waals surface area (Å²) in [5.41, 5.74) is 0. The Labute approximate surface area is 54.2 Å². The molecule has 4 heteroatoms. The Hall–Kier alpha value is 1.13. The van der Waals surface area contributed by atoms with E-state index in [-0.39, 0.29) is 54.5 Å². The molecule has 0 spiro atoms. The molecule has 0 bridgehead atoms. The molecule has 0 saturated heterocycles. The molecule has 30 valence electrons. The SMILES string of the molecule is [F-].[F-].[F-].[Sm]. The van der Waals surface area contributed by atoms with E-state index in [0.29, 0.717) is 0 Å². The van der Waals surface area contributed by atoms with E-state index < -0.39 is 0 Å². The standard InChI is InChI=1S/3FH.Sm/h3*1H;/p-3.